The highest BCUT2D eigenvalue weighted by molar-refractivity contribution is 5.97. The first-order valence-electron chi connectivity index (χ1n) is 8.38. The van der Waals surface area contributed by atoms with Crippen LogP contribution in [-0.2, 0) is 14.3 Å². The summed E-state index contributed by atoms with van der Waals surface area (Å²) < 4.78 is 5.11. The molecule has 0 heterocycles. The Kier molecular flexibility index (Phi) is 4.61. The van der Waals surface area contributed by atoms with Gasteiger partial charge in [0.25, 0.3) is 0 Å². The highest BCUT2D eigenvalue weighted by atomic mass is 16.5. The molecule has 132 valence electrons. The number of anilines is 1. The number of nitrogens with one attached hydrogen (secondary N) is 1. The Labute approximate surface area is 145 Å². The van der Waals surface area contributed by atoms with Gasteiger partial charge >= 0.3 is 5.97 Å². The normalized spacial score (nSPS) is 26.7. The van der Waals surface area contributed by atoms with Crippen LogP contribution in [0.5, 0.6) is 0 Å². The van der Waals surface area contributed by atoms with Gasteiger partial charge < -0.3 is 20.0 Å². The van der Waals surface area contributed by atoms with Crippen LogP contribution in [0.3, 0.4) is 0 Å². The van der Waals surface area contributed by atoms with Crippen LogP contribution in [0.2, 0.25) is 0 Å². The van der Waals surface area contributed by atoms with E-state index in [9.17, 15) is 19.5 Å². The minimum absolute atomic E-state index is 0.0619. The molecule has 6 heteroatoms. The number of fused-ring (bicyclic) bond motifs is 2. The number of esters is 1. The number of hydrogen-bond acceptors (Lipinski definition) is 5. The molecule has 0 unspecified atom stereocenters. The fraction of sp³-hybridized carbons (Fsp3) is 0.421. The van der Waals surface area contributed by atoms with Crippen molar-refractivity contribution >= 4 is 23.5 Å². The minimum Gasteiger partial charge on any atom is -0.550 e. The number of hydrogen-bond donors (Lipinski definition) is 1. The van der Waals surface area contributed by atoms with Gasteiger partial charge in [0.05, 0.1) is 17.6 Å². The number of carboxylic acid groups (broad SMARTS) is 1. The monoisotopic (exact) mass is 342 g/mol. The number of ether oxygens (including phenoxy) is 1. The van der Waals surface area contributed by atoms with E-state index in [1.807, 2.05) is 12.2 Å². The van der Waals surface area contributed by atoms with Gasteiger partial charge in [-0.15, -0.1) is 0 Å². The second kappa shape index (κ2) is 6.70. The molecule has 2 aliphatic rings. The Morgan fingerprint density at radius 2 is 1.68 bits per heavy atom. The summed E-state index contributed by atoms with van der Waals surface area (Å²) in [7, 11) is 0. The van der Waals surface area contributed by atoms with Crippen LogP contribution in [0.1, 0.15) is 30.6 Å². The molecule has 2 aliphatic carbocycles. The smallest absolute Gasteiger partial charge is 0.338 e. The molecule has 1 fully saturated rings. The van der Waals surface area contributed by atoms with E-state index in [1.165, 1.54) is 0 Å². The Hall–Kier alpha value is -2.63. The van der Waals surface area contributed by atoms with Gasteiger partial charge in [-0.3, -0.25) is 4.79 Å². The first kappa shape index (κ1) is 17.2. The number of amides is 1. The molecule has 1 aromatic rings. The molecule has 1 aromatic carbocycles. The first-order chi connectivity index (χ1) is 11.9. The lowest BCUT2D eigenvalue weighted by Crippen LogP contribution is -2.42. The lowest BCUT2D eigenvalue weighted by molar-refractivity contribution is -0.313. The van der Waals surface area contributed by atoms with E-state index >= 15 is 0 Å². The number of aliphatic carboxylic acids is 1. The zero-order valence-corrected chi connectivity index (χ0v) is 14.1. The quantitative estimate of drug-likeness (QED) is 0.644. The summed E-state index contributed by atoms with van der Waals surface area (Å²) >= 11 is 0. The fourth-order valence-corrected chi connectivity index (χ4v) is 3.70. The molecule has 2 bridgehead atoms. The van der Waals surface area contributed by atoms with Gasteiger partial charge in [0.15, 0.2) is 0 Å². The van der Waals surface area contributed by atoms with Gasteiger partial charge in [0.1, 0.15) is 0 Å². The lowest BCUT2D eigenvalue weighted by Gasteiger charge is -2.27. The van der Waals surface area contributed by atoms with Crippen molar-refractivity contribution in [2.24, 2.45) is 23.7 Å². The van der Waals surface area contributed by atoms with E-state index in [0.717, 1.165) is 0 Å². The number of rotatable bonds is 5. The molecule has 0 radical (unpaired) electrons. The second-order valence-corrected chi connectivity index (χ2v) is 6.84. The van der Waals surface area contributed by atoms with Crippen molar-refractivity contribution in [3.05, 3.63) is 42.0 Å². The third-order valence-electron chi connectivity index (χ3n) is 4.77. The average molecular weight is 342 g/mol. The van der Waals surface area contributed by atoms with E-state index < -0.39 is 23.8 Å². The highest BCUT2D eigenvalue weighted by Crippen LogP contribution is 2.48. The molecule has 4 atom stereocenters. The summed E-state index contributed by atoms with van der Waals surface area (Å²) in [4.78, 5) is 35.8. The summed E-state index contributed by atoms with van der Waals surface area (Å²) in [6, 6.07) is 6.34. The predicted molar refractivity (Wildman–Crippen MR) is 88.3 cm³/mol. The van der Waals surface area contributed by atoms with Crippen molar-refractivity contribution in [1.29, 1.82) is 0 Å². The molecule has 0 spiro atoms. The summed E-state index contributed by atoms with van der Waals surface area (Å²) in [5, 5.41) is 14.1. The van der Waals surface area contributed by atoms with E-state index in [2.05, 4.69) is 5.32 Å². The maximum Gasteiger partial charge on any atom is 0.338 e. The van der Waals surface area contributed by atoms with Crippen LogP contribution in [0.25, 0.3) is 0 Å². The zero-order valence-electron chi connectivity index (χ0n) is 14.1. The molecule has 0 saturated heterocycles. The predicted octanol–water partition coefficient (Wildman–Crippen LogP) is 1.38. The Morgan fingerprint density at radius 3 is 2.24 bits per heavy atom. The number of allylic oxidation sites excluding steroid dienone is 2. The molecule has 6 nitrogen and oxygen atoms in total. The van der Waals surface area contributed by atoms with E-state index in [4.69, 9.17) is 4.74 Å². The van der Waals surface area contributed by atoms with Crippen molar-refractivity contribution in [3.63, 3.8) is 0 Å². The van der Waals surface area contributed by atoms with Crippen molar-refractivity contribution in [2.75, 3.05) is 5.32 Å². The second-order valence-electron chi connectivity index (χ2n) is 6.84. The number of carboxylic acids is 1. The highest BCUT2D eigenvalue weighted by Gasteiger charge is 2.48. The molecule has 1 amide bonds. The zero-order chi connectivity index (χ0) is 18.1. The molecule has 25 heavy (non-hydrogen) atoms. The molecule has 1 saturated carbocycles. The molecule has 1 N–H and O–H groups in total. The van der Waals surface area contributed by atoms with E-state index in [-0.39, 0.29) is 23.8 Å². The molecule has 0 aromatic heterocycles. The van der Waals surface area contributed by atoms with Crippen LogP contribution in [-0.4, -0.2) is 23.9 Å². The Morgan fingerprint density at radius 1 is 1.08 bits per heavy atom. The minimum atomic E-state index is -1.18. The van der Waals surface area contributed by atoms with E-state index in [1.54, 1.807) is 38.1 Å². The van der Waals surface area contributed by atoms with E-state index in [0.29, 0.717) is 17.7 Å². The average Bonchev–Trinajstić information content (AvgIpc) is 3.15. The van der Waals surface area contributed by atoms with Gasteiger partial charge in [-0.1, -0.05) is 12.2 Å². The van der Waals surface area contributed by atoms with Crippen LogP contribution < -0.4 is 10.4 Å². The SMILES string of the molecule is CC(C)OC(=O)c1ccc(NC(=O)[C@@H]2[C@@H](C(=O)[O-])[C@H]3C=C[C@H]2C3)cc1. The summed E-state index contributed by atoms with van der Waals surface area (Å²) in [5.41, 5.74) is 0.900. The third-order valence-corrected chi connectivity index (χ3v) is 4.77. The Bertz CT molecular complexity index is 722. The standard InChI is InChI=1S/C19H21NO5/c1-10(2)25-19(24)11-5-7-14(8-6-11)20-17(21)15-12-3-4-13(9-12)16(15)18(22)23/h3-8,10,12-13,15-16H,9H2,1-2H3,(H,20,21)(H,22,23)/p-1/t12-,13-,15-,16-/m0/s1. The number of benzene rings is 1. The molecular formula is C19H20NO5-. The van der Waals surface area contributed by atoms with Crippen LogP contribution in [0.4, 0.5) is 5.69 Å². The van der Waals surface area contributed by atoms with Gasteiger partial charge in [0, 0.05) is 17.6 Å². The molecular weight excluding hydrogens is 322 g/mol. The van der Waals surface area contributed by atoms with Crippen molar-refractivity contribution in [3.8, 4) is 0 Å². The molecule has 0 aliphatic heterocycles. The summed E-state index contributed by atoms with van der Waals surface area (Å²) in [5.74, 6) is -3.52. The van der Waals surface area contributed by atoms with Crippen LogP contribution in [0.15, 0.2) is 36.4 Å². The van der Waals surface area contributed by atoms with Gasteiger partial charge in [0.2, 0.25) is 5.91 Å². The van der Waals surface area contributed by atoms with Gasteiger partial charge in [-0.25, -0.2) is 4.79 Å². The van der Waals surface area contributed by atoms with Gasteiger partial charge in [-0.2, -0.15) is 0 Å². The number of carbonyl (C=O) groups excluding carboxylic acids is 3. The van der Waals surface area contributed by atoms with Crippen LogP contribution >= 0.6 is 0 Å². The topological polar surface area (TPSA) is 95.5 Å². The summed E-state index contributed by atoms with van der Waals surface area (Å²) in [6.07, 6.45) is 4.25. The summed E-state index contributed by atoms with van der Waals surface area (Å²) in [6.45, 7) is 3.54. The Balaban J connectivity index is 1.68. The maximum absolute atomic E-state index is 12.6. The van der Waals surface area contributed by atoms with Crippen molar-refractivity contribution in [1.82, 2.24) is 0 Å². The molecule has 3 rings (SSSR count). The van der Waals surface area contributed by atoms with Gasteiger partial charge in [-0.05, 0) is 56.4 Å². The lowest BCUT2D eigenvalue weighted by atomic mass is 9.82. The first-order valence-corrected chi connectivity index (χ1v) is 8.38. The number of carbonyl (C=O) groups is 3. The third kappa shape index (κ3) is 3.43. The largest absolute Gasteiger partial charge is 0.550 e. The van der Waals surface area contributed by atoms with Crippen LogP contribution in [0, 0.1) is 23.7 Å². The fourth-order valence-electron chi connectivity index (χ4n) is 3.70. The van der Waals surface area contributed by atoms with Crippen molar-refractivity contribution in [2.45, 2.75) is 26.4 Å². The maximum atomic E-state index is 12.6. The van der Waals surface area contributed by atoms with Crippen molar-refractivity contribution < 1.29 is 24.2 Å².